The molecule has 1 aromatic rings. The molecule has 1 aliphatic rings. The van der Waals surface area contributed by atoms with Crippen LogP contribution < -0.4 is 5.32 Å². The molecule has 2 rings (SSSR count). The molecular formula is C16H29N3. The second-order valence-corrected chi connectivity index (χ2v) is 5.71. The standard InChI is InChI=1S/C16H29N3/c1-3-17-15(16-18-12-13-19(16)4-2)14-10-8-6-5-7-9-11-14/h12-15,17H,3-11H2,1-2H3. The van der Waals surface area contributed by atoms with Gasteiger partial charge in [0.15, 0.2) is 0 Å². The second kappa shape index (κ2) is 7.68. The van der Waals surface area contributed by atoms with Crippen LogP contribution in [0.3, 0.4) is 0 Å². The van der Waals surface area contributed by atoms with E-state index in [1.165, 1.54) is 50.8 Å². The van der Waals surface area contributed by atoms with Crippen LogP contribution in [-0.4, -0.2) is 16.1 Å². The maximum Gasteiger partial charge on any atom is 0.126 e. The number of nitrogens with zero attached hydrogens (tertiary/aromatic N) is 2. The smallest absolute Gasteiger partial charge is 0.126 e. The summed E-state index contributed by atoms with van der Waals surface area (Å²) in [6.45, 7) is 6.45. The van der Waals surface area contributed by atoms with Crippen LogP contribution in [0.4, 0.5) is 0 Å². The summed E-state index contributed by atoms with van der Waals surface area (Å²) in [5.41, 5.74) is 0. The maximum atomic E-state index is 4.64. The van der Waals surface area contributed by atoms with Crippen molar-refractivity contribution in [2.45, 2.75) is 71.4 Å². The zero-order valence-corrected chi connectivity index (χ0v) is 12.6. The van der Waals surface area contributed by atoms with Gasteiger partial charge in [-0.25, -0.2) is 4.98 Å². The van der Waals surface area contributed by atoms with Crippen molar-refractivity contribution in [3.63, 3.8) is 0 Å². The number of aryl methyl sites for hydroxylation is 1. The Hall–Kier alpha value is -0.830. The van der Waals surface area contributed by atoms with Crippen LogP contribution in [-0.2, 0) is 6.54 Å². The second-order valence-electron chi connectivity index (χ2n) is 5.71. The summed E-state index contributed by atoms with van der Waals surface area (Å²) in [5, 5.41) is 3.69. The Labute approximate surface area is 117 Å². The van der Waals surface area contributed by atoms with E-state index in [9.17, 15) is 0 Å². The molecule has 0 saturated heterocycles. The molecule has 0 spiro atoms. The molecule has 0 amide bonds. The minimum absolute atomic E-state index is 0.443. The highest BCUT2D eigenvalue weighted by atomic mass is 15.1. The van der Waals surface area contributed by atoms with Crippen molar-refractivity contribution in [3.8, 4) is 0 Å². The molecule has 108 valence electrons. The molecule has 1 aliphatic carbocycles. The first kappa shape index (κ1) is 14.6. The minimum atomic E-state index is 0.443. The lowest BCUT2D eigenvalue weighted by Gasteiger charge is -2.29. The van der Waals surface area contributed by atoms with Crippen LogP contribution in [0, 0.1) is 5.92 Å². The fraction of sp³-hybridized carbons (Fsp3) is 0.812. The average molecular weight is 263 g/mol. The molecule has 1 fully saturated rings. The zero-order chi connectivity index (χ0) is 13.5. The highest BCUT2D eigenvalue weighted by Crippen LogP contribution is 2.32. The molecule has 19 heavy (non-hydrogen) atoms. The lowest BCUT2D eigenvalue weighted by atomic mass is 9.85. The van der Waals surface area contributed by atoms with Gasteiger partial charge in [0.2, 0.25) is 0 Å². The van der Waals surface area contributed by atoms with Gasteiger partial charge in [0.05, 0.1) is 6.04 Å². The lowest BCUT2D eigenvalue weighted by Crippen LogP contribution is -2.31. The number of hydrogen-bond donors (Lipinski definition) is 1. The Bertz CT molecular complexity index is 351. The maximum absolute atomic E-state index is 4.64. The van der Waals surface area contributed by atoms with Gasteiger partial charge < -0.3 is 9.88 Å². The molecule has 1 saturated carbocycles. The number of nitrogens with one attached hydrogen (secondary N) is 1. The first-order valence-corrected chi connectivity index (χ1v) is 8.11. The minimum Gasteiger partial charge on any atom is -0.334 e. The predicted octanol–water partition coefficient (Wildman–Crippen LogP) is 3.91. The van der Waals surface area contributed by atoms with E-state index in [0.717, 1.165) is 19.0 Å². The van der Waals surface area contributed by atoms with Crippen molar-refractivity contribution in [1.29, 1.82) is 0 Å². The van der Waals surface area contributed by atoms with Crippen molar-refractivity contribution in [2.75, 3.05) is 6.54 Å². The first-order chi connectivity index (χ1) is 9.36. The third-order valence-electron chi connectivity index (χ3n) is 4.41. The van der Waals surface area contributed by atoms with E-state index in [1.54, 1.807) is 0 Å². The largest absolute Gasteiger partial charge is 0.334 e. The lowest BCUT2D eigenvalue weighted by molar-refractivity contribution is 0.278. The quantitative estimate of drug-likeness (QED) is 0.872. The molecule has 1 aromatic heterocycles. The number of hydrogen-bond acceptors (Lipinski definition) is 2. The van der Waals surface area contributed by atoms with E-state index in [1.807, 2.05) is 6.20 Å². The van der Waals surface area contributed by atoms with Gasteiger partial charge >= 0.3 is 0 Å². The van der Waals surface area contributed by atoms with Crippen LogP contribution in [0.15, 0.2) is 12.4 Å². The third kappa shape index (κ3) is 3.82. The molecule has 0 aromatic carbocycles. The van der Waals surface area contributed by atoms with Gasteiger partial charge in [-0.15, -0.1) is 0 Å². The van der Waals surface area contributed by atoms with E-state index < -0.39 is 0 Å². The van der Waals surface area contributed by atoms with Crippen LogP contribution in [0.1, 0.15) is 70.7 Å². The monoisotopic (exact) mass is 263 g/mol. The first-order valence-electron chi connectivity index (χ1n) is 8.11. The SMILES string of the molecule is CCNC(c1nccn1CC)C1CCCCCCC1. The molecule has 3 heteroatoms. The molecular weight excluding hydrogens is 234 g/mol. The summed E-state index contributed by atoms with van der Waals surface area (Å²) in [5.74, 6) is 2.00. The van der Waals surface area contributed by atoms with Crippen molar-refractivity contribution < 1.29 is 0 Å². The van der Waals surface area contributed by atoms with Gasteiger partial charge in [-0.05, 0) is 32.2 Å². The zero-order valence-electron chi connectivity index (χ0n) is 12.6. The summed E-state index contributed by atoms with van der Waals surface area (Å²) in [6.07, 6.45) is 13.8. The summed E-state index contributed by atoms with van der Waals surface area (Å²) in [4.78, 5) is 4.64. The molecule has 0 aliphatic heterocycles. The highest BCUT2D eigenvalue weighted by Gasteiger charge is 2.26. The fourth-order valence-corrected chi connectivity index (χ4v) is 3.38. The van der Waals surface area contributed by atoms with Crippen LogP contribution in [0.25, 0.3) is 0 Å². The molecule has 1 heterocycles. The molecule has 0 bridgehead atoms. The summed E-state index contributed by atoms with van der Waals surface area (Å²) >= 11 is 0. The molecule has 1 unspecified atom stereocenters. The van der Waals surface area contributed by atoms with Crippen molar-refractivity contribution in [3.05, 3.63) is 18.2 Å². The summed E-state index contributed by atoms with van der Waals surface area (Å²) in [7, 11) is 0. The van der Waals surface area contributed by atoms with E-state index >= 15 is 0 Å². The van der Waals surface area contributed by atoms with Crippen LogP contribution in [0.5, 0.6) is 0 Å². The predicted molar refractivity (Wildman–Crippen MR) is 80.1 cm³/mol. The fourth-order valence-electron chi connectivity index (χ4n) is 3.38. The van der Waals surface area contributed by atoms with Crippen molar-refractivity contribution in [1.82, 2.24) is 14.9 Å². The van der Waals surface area contributed by atoms with Gasteiger partial charge in [0, 0.05) is 18.9 Å². The Balaban J connectivity index is 2.13. The van der Waals surface area contributed by atoms with Crippen LogP contribution >= 0.6 is 0 Å². The number of imidazole rings is 1. The van der Waals surface area contributed by atoms with E-state index in [4.69, 9.17) is 0 Å². The van der Waals surface area contributed by atoms with Crippen LogP contribution in [0.2, 0.25) is 0 Å². The van der Waals surface area contributed by atoms with E-state index in [0.29, 0.717) is 6.04 Å². The Morgan fingerprint density at radius 3 is 2.53 bits per heavy atom. The topological polar surface area (TPSA) is 29.9 Å². The van der Waals surface area contributed by atoms with Gasteiger partial charge in [-0.1, -0.05) is 39.0 Å². The molecule has 0 radical (unpaired) electrons. The van der Waals surface area contributed by atoms with Gasteiger partial charge in [0.25, 0.3) is 0 Å². The normalized spacial score (nSPS) is 19.9. The van der Waals surface area contributed by atoms with Crippen molar-refractivity contribution >= 4 is 0 Å². The van der Waals surface area contributed by atoms with E-state index in [2.05, 4.69) is 34.9 Å². The Morgan fingerprint density at radius 1 is 1.21 bits per heavy atom. The van der Waals surface area contributed by atoms with Gasteiger partial charge in [-0.2, -0.15) is 0 Å². The Morgan fingerprint density at radius 2 is 1.89 bits per heavy atom. The number of rotatable bonds is 5. The highest BCUT2D eigenvalue weighted by molar-refractivity contribution is 5.02. The van der Waals surface area contributed by atoms with Crippen molar-refractivity contribution in [2.24, 2.45) is 5.92 Å². The molecule has 1 atom stereocenters. The Kier molecular flexibility index (Phi) is 5.90. The molecule has 1 N–H and O–H groups in total. The third-order valence-corrected chi connectivity index (χ3v) is 4.41. The summed E-state index contributed by atoms with van der Waals surface area (Å²) in [6, 6.07) is 0.443. The average Bonchev–Trinajstić information content (AvgIpc) is 2.84. The van der Waals surface area contributed by atoms with Gasteiger partial charge in [0.1, 0.15) is 5.82 Å². The molecule has 3 nitrogen and oxygen atoms in total. The van der Waals surface area contributed by atoms with E-state index in [-0.39, 0.29) is 0 Å². The van der Waals surface area contributed by atoms with Gasteiger partial charge in [-0.3, -0.25) is 0 Å². The summed E-state index contributed by atoms with van der Waals surface area (Å²) < 4.78 is 2.30. The number of aromatic nitrogens is 2.